The molecule has 0 bridgehead atoms. The van der Waals surface area contributed by atoms with Crippen LogP contribution in [0.25, 0.3) is 11.0 Å². The Morgan fingerprint density at radius 1 is 1.46 bits per heavy atom. The van der Waals surface area contributed by atoms with Crippen LogP contribution in [0.15, 0.2) is 18.2 Å². The molecule has 13 heavy (non-hydrogen) atoms. The quantitative estimate of drug-likeness (QED) is 0.662. The number of nitrogens with one attached hydrogen (secondary N) is 1. The fourth-order valence-electron chi connectivity index (χ4n) is 1.75. The molecule has 0 radical (unpaired) electrons. The molecule has 3 rings (SSSR count). The molecule has 0 saturated carbocycles. The van der Waals surface area contributed by atoms with Gasteiger partial charge in [-0.15, -0.1) is 0 Å². The molecule has 0 saturated heterocycles. The summed E-state index contributed by atoms with van der Waals surface area (Å²) in [4.78, 5) is 4.17. The lowest BCUT2D eigenvalue weighted by molar-refractivity contribution is 0.637. The fraction of sp³-hybridized carbons (Fsp3) is 0.222. The van der Waals surface area contributed by atoms with Crippen molar-refractivity contribution in [3.8, 4) is 0 Å². The van der Waals surface area contributed by atoms with Gasteiger partial charge in [-0.2, -0.15) is 0 Å². The second kappa shape index (κ2) is 2.22. The maximum absolute atomic E-state index is 13.2. The van der Waals surface area contributed by atoms with E-state index in [0.717, 1.165) is 24.6 Å². The van der Waals surface area contributed by atoms with Gasteiger partial charge in [0.2, 0.25) is 5.95 Å². The number of halogens is 1. The molecule has 1 aliphatic heterocycles. The number of nitrogens with zero attached hydrogens (tertiary/aromatic N) is 2. The molecule has 0 fully saturated rings. The third kappa shape index (κ3) is 0.798. The second-order valence-corrected chi connectivity index (χ2v) is 3.12. The summed E-state index contributed by atoms with van der Waals surface area (Å²) in [5.41, 5.74) is 1.34. The topological polar surface area (TPSA) is 29.9 Å². The van der Waals surface area contributed by atoms with E-state index >= 15 is 0 Å². The van der Waals surface area contributed by atoms with Crippen LogP contribution in [0.5, 0.6) is 0 Å². The van der Waals surface area contributed by atoms with Crippen LogP contribution in [0.2, 0.25) is 0 Å². The Bertz CT molecular complexity index is 475. The van der Waals surface area contributed by atoms with Gasteiger partial charge in [-0.3, -0.25) is 0 Å². The van der Waals surface area contributed by atoms with E-state index in [4.69, 9.17) is 0 Å². The van der Waals surface area contributed by atoms with Crippen molar-refractivity contribution < 1.29 is 4.39 Å². The van der Waals surface area contributed by atoms with Crippen molar-refractivity contribution in [3.63, 3.8) is 0 Å². The highest BCUT2D eigenvalue weighted by Crippen LogP contribution is 2.24. The summed E-state index contributed by atoms with van der Waals surface area (Å²) in [5.74, 6) is 0.529. The Kier molecular flexibility index (Phi) is 1.17. The summed E-state index contributed by atoms with van der Waals surface area (Å²) in [7, 11) is 0. The Balaban J connectivity index is 2.44. The van der Waals surface area contributed by atoms with Crippen molar-refractivity contribution in [2.75, 3.05) is 11.9 Å². The third-order valence-electron chi connectivity index (χ3n) is 2.35. The lowest BCUT2D eigenvalue weighted by atomic mass is 10.3. The Hall–Kier alpha value is -1.58. The van der Waals surface area contributed by atoms with Crippen LogP contribution in [0.4, 0.5) is 10.3 Å². The number of rotatable bonds is 0. The highest BCUT2D eigenvalue weighted by Gasteiger charge is 2.16. The molecule has 66 valence electrons. The van der Waals surface area contributed by atoms with Crippen LogP contribution >= 0.6 is 0 Å². The van der Waals surface area contributed by atoms with E-state index in [-0.39, 0.29) is 5.82 Å². The zero-order chi connectivity index (χ0) is 8.84. The van der Waals surface area contributed by atoms with Gasteiger partial charge in [0.05, 0.1) is 5.52 Å². The number of para-hydroxylation sites is 1. The molecule has 0 unspecified atom stereocenters. The molecule has 1 aliphatic rings. The molecule has 1 N–H and O–H groups in total. The van der Waals surface area contributed by atoms with Gasteiger partial charge in [0.15, 0.2) is 5.82 Å². The van der Waals surface area contributed by atoms with Crippen LogP contribution in [0, 0.1) is 5.82 Å². The van der Waals surface area contributed by atoms with Crippen molar-refractivity contribution in [2.45, 2.75) is 6.54 Å². The number of aromatic nitrogens is 2. The monoisotopic (exact) mass is 177 g/mol. The first-order valence-corrected chi connectivity index (χ1v) is 4.25. The molecule has 0 amide bonds. The van der Waals surface area contributed by atoms with E-state index < -0.39 is 0 Å². The van der Waals surface area contributed by atoms with Gasteiger partial charge in [-0.1, -0.05) is 6.07 Å². The van der Waals surface area contributed by atoms with E-state index in [1.54, 1.807) is 6.07 Å². The first kappa shape index (κ1) is 6.88. The summed E-state index contributed by atoms with van der Waals surface area (Å²) < 4.78 is 15.2. The number of benzene rings is 1. The minimum atomic E-state index is -0.249. The number of fused-ring (bicyclic) bond motifs is 3. The maximum Gasteiger partial charge on any atom is 0.204 e. The van der Waals surface area contributed by atoms with E-state index in [0.29, 0.717) is 5.52 Å². The standard InChI is InChI=1S/C9H8FN3/c10-6-2-1-3-7-8(6)12-9-11-4-5-13(7)9/h1-3H,4-5H2,(H,11,12). The maximum atomic E-state index is 13.2. The van der Waals surface area contributed by atoms with Crippen LogP contribution in [0.3, 0.4) is 0 Å². The van der Waals surface area contributed by atoms with Crippen molar-refractivity contribution in [1.29, 1.82) is 0 Å². The lowest BCUT2D eigenvalue weighted by Gasteiger charge is -1.95. The normalized spacial score (nSPS) is 14.5. The second-order valence-electron chi connectivity index (χ2n) is 3.12. The highest BCUT2D eigenvalue weighted by atomic mass is 19.1. The van der Waals surface area contributed by atoms with Gasteiger partial charge < -0.3 is 9.88 Å². The molecular formula is C9H8FN3. The summed E-state index contributed by atoms with van der Waals surface area (Å²) in [6.07, 6.45) is 0. The van der Waals surface area contributed by atoms with Crippen LogP contribution in [-0.2, 0) is 6.54 Å². The molecule has 0 spiro atoms. The molecule has 0 aliphatic carbocycles. The lowest BCUT2D eigenvalue weighted by Crippen LogP contribution is -1.95. The van der Waals surface area contributed by atoms with Gasteiger partial charge in [-0.05, 0) is 12.1 Å². The molecule has 3 nitrogen and oxygen atoms in total. The van der Waals surface area contributed by atoms with Gasteiger partial charge >= 0.3 is 0 Å². The summed E-state index contributed by atoms with van der Waals surface area (Å²) in [5, 5.41) is 3.10. The van der Waals surface area contributed by atoms with Gasteiger partial charge in [0, 0.05) is 13.1 Å². The van der Waals surface area contributed by atoms with Crippen molar-refractivity contribution in [2.24, 2.45) is 0 Å². The average Bonchev–Trinajstić information content (AvgIpc) is 2.65. The first-order chi connectivity index (χ1) is 6.36. The van der Waals surface area contributed by atoms with Crippen molar-refractivity contribution >= 4 is 17.0 Å². The smallest absolute Gasteiger partial charge is 0.204 e. The van der Waals surface area contributed by atoms with Gasteiger partial charge in [0.1, 0.15) is 5.52 Å². The number of hydrogen-bond donors (Lipinski definition) is 1. The molecule has 1 aromatic heterocycles. The Morgan fingerprint density at radius 3 is 3.31 bits per heavy atom. The average molecular weight is 177 g/mol. The summed E-state index contributed by atoms with van der Waals surface area (Å²) in [6.45, 7) is 1.75. The van der Waals surface area contributed by atoms with Crippen LogP contribution in [-0.4, -0.2) is 16.1 Å². The predicted octanol–water partition coefficient (Wildman–Crippen LogP) is 1.60. The number of imidazole rings is 1. The van der Waals surface area contributed by atoms with Crippen LogP contribution < -0.4 is 5.32 Å². The largest absolute Gasteiger partial charge is 0.354 e. The predicted molar refractivity (Wildman–Crippen MR) is 48.2 cm³/mol. The third-order valence-corrected chi connectivity index (χ3v) is 2.35. The SMILES string of the molecule is Fc1cccc2c1nc1n2CCN1. The Morgan fingerprint density at radius 2 is 2.38 bits per heavy atom. The zero-order valence-electron chi connectivity index (χ0n) is 6.92. The Labute approximate surface area is 74.2 Å². The molecular weight excluding hydrogens is 169 g/mol. The number of hydrogen-bond acceptors (Lipinski definition) is 2. The minimum absolute atomic E-state index is 0.249. The molecule has 0 atom stereocenters. The molecule has 2 heterocycles. The van der Waals surface area contributed by atoms with Gasteiger partial charge in [0.25, 0.3) is 0 Å². The van der Waals surface area contributed by atoms with Crippen molar-refractivity contribution in [3.05, 3.63) is 24.0 Å². The minimum Gasteiger partial charge on any atom is -0.354 e. The highest BCUT2D eigenvalue weighted by molar-refractivity contribution is 5.79. The van der Waals surface area contributed by atoms with E-state index in [1.165, 1.54) is 6.07 Å². The van der Waals surface area contributed by atoms with E-state index in [2.05, 4.69) is 10.3 Å². The van der Waals surface area contributed by atoms with E-state index in [9.17, 15) is 4.39 Å². The molecule has 4 heteroatoms. The molecule has 2 aromatic rings. The summed E-state index contributed by atoms with van der Waals surface area (Å²) >= 11 is 0. The van der Waals surface area contributed by atoms with Crippen molar-refractivity contribution in [1.82, 2.24) is 9.55 Å². The van der Waals surface area contributed by atoms with E-state index in [1.807, 2.05) is 10.6 Å². The fourth-order valence-corrected chi connectivity index (χ4v) is 1.75. The van der Waals surface area contributed by atoms with Gasteiger partial charge in [-0.25, -0.2) is 9.37 Å². The zero-order valence-corrected chi connectivity index (χ0v) is 6.92. The molecule has 1 aromatic carbocycles. The van der Waals surface area contributed by atoms with Crippen LogP contribution in [0.1, 0.15) is 0 Å². The first-order valence-electron chi connectivity index (χ1n) is 4.25. The number of anilines is 1. The summed E-state index contributed by atoms with van der Waals surface area (Å²) in [6, 6.07) is 5.04.